The lowest BCUT2D eigenvalue weighted by atomic mass is 10.0. The molecule has 0 aliphatic rings. The first-order valence-corrected chi connectivity index (χ1v) is 11.0. The van der Waals surface area contributed by atoms with Crippen molar-refractivity contribution in [2.24, 2.45) is 0 Å². The van der Waals surface area contributed by atoms with E-state index < -0.39 is 6.04 Å². The largest absolute Gasteiger partial charge is 0.468 e. The molecule has 0 saturated carbocycles. The van der Waals surface area contributed by atoms with Gasteiger partial charge >= 0.3 is 0 Å². The number of benzene rings is 2. The molecular weight excluding hydrogens is 422 g/mol. The fourth-order valence-corrected chi connectivity index (χ4v) is 3.85. The topological polar surface area (TPSA) is 59.8 Å². The second kappa shape index (κ2) is 10.9. The average molecular weight is 444 g/mol. The Morgan fingerprint density at radius 1 is 1.07 bits per heavy atom. The highest BCUT2D eigenvalue weighted by Crippen LogP contribution is 2.21. The Morgan fingerprint density at radius 3 is 2.43 bits per heavy atom. The monoisotopic (exact) mass is 443 g/mol. The van der Waals surface area contributed by atoms with E-state index >= 15 is 0 Å². The van der Waals surface area contributed by atoms with Gasteiger partial charge in [0.15, 0.2) is 11.5 Å². The molecule has 0 saturated heterocycles. The van der Waals surface area contributed by atoms with E-state index in [0.717, 1.165) is 16.4 Å². The van der Waals surface area contributed by atoms with Crippen molar-refractivity contribution in [3.63, 3.8) is 0 Å². The molecule has 0 N–H and O–H groups in total. The summed E-state index contributed by atoms with van der Waals surface area (Å²) in [5.41, 5.74) is 0.942. The first-order chi connectivity index (χ1) is 14.5. The number of ketones is 1. The molecule has 0 spiro atoms. The Labute approximate surface area is 184 Å². The molecule has 0 aliphatic heterocycles. The summed E-state index contributed by atoms with van der Waals surface area (Å²) >= 11 is 7.37. The van der Waals surface area contributed by atoms with Gasteiger partial charge < -0.3 is 9.25 Å². The van der Waals surface area contributed by atoms with Crippen LogP contribution < -0.4 is 4.84 Å². The molecule has 0 bridgehead atoms. The number of furan rings is 1. The molecule has 0 fully saturated rings. The maximum atomic E-state index is 13.1. The van der Waals surface area contributed by atoms with Crippen molar-refractivity contribution in [3.05, 3.63) is 89.3 Å². The number of hydrogen-bond acceptors (Lipinski definition) is 5. The van der Waals surface area contributed by atoms with Gasteiger partial charge in [0.05, 0.1) is 17.8 Å². The van der Waals surface area contributed by atoms with Crippen LogP contribution in [0.3, 0.4) is 0 Å². The number of rotatable bonds is 10. The van der Waals surface area contributed by atoms with Gasteiger partial charge in [0.25, 0.3) is 5.91 Å². The Bertz CT molecular complexity index is 945. The normalized spacial score (nSPS) is 11.7. The van der Waals surface area contributed by atoms with Crippen molar-refractivity contribution >= 4 is 35.1 Å². The smallest absolute Gasteiger partial charge is 0.252 e. The van der Waals surface area contributed by atoms with Crippen molar-refractivity contribution in [1.82, 2.24) is 5.06 Å². The summed E-state index contributed by atoms with van der Waals surface area (Å²) < 4.78 is 5.31. The Kier molecular flexibility index (Phi) is 7.99. The molecule has 1 atom stereocenters. The van der Waals surface area contributed by atoms with E-state index in [2.05, 4.69) is 0 Å². The summed E-state index contributed by atoms with van der Waals surface area (Å²) in [5.74, 6) is 1.59. The Morgan fingerprint density at radius 2 is 1.80 bits per heavy atom. The number of halogens is 1. The first-order valence-electron chi connectivity index (χ1n) is 9.43. The summed E-state index contributed by atoms with van der Waals surface area (Å²) in [6.07, 6.45) is 1.96. The van der Waals surface area contributed by atoms with Gasteiger partial charge in [-0.3, -0.25) is 9.59 Å². The minimum absolute atomic E-state index is 0.0976. The lowest BCUT2D eigenvalue weighted by molar-refractivity contribution is -0.167. The number of thioether (sulfide) groups is 1. The lowest BCUT2D eigenvalue weighted by Gasteiger charge is -2.29. The summed E-state index contributed by atoms with van der Waals surface area (Å²) in [4.78, 5) is 31.3. The van der Waals surface area contributed by atoms with Crippen molar-refractivity contribution < 1.29 is 18.8 Å². The third-order valence-corrected chi connectivity index (χ3v) is 5.55. The molecule has 0 aliphatic carbocycles. The molecule has 5 nitrogen and oxygen atoms in total. The number of nitrogens with zero attached hydrogens (tertiary/aromatic N) is 1. The van der Waals surface area contributed by atoms with Crippen molar-refractivity contribution in [3.8, 4) is 5.75 Å². The predicted molar refractivity (Wildman–Crippen MR) is 118 cm³/mol. The van der Waals surface area contributed by atoms with Gasteiger partial charge in [0.2, 0.25) is 0 Å². The average Bonchev–Trinajstić information content (AvgIpc) is 3.26. The van der Waals surface area contributed by atoms with E-state index in [1.807, 2.05) is 42.5 Å². The van der Waals surface area contributed by atoms with E-state index in [9.17, 15) is 9.59 Å². The molecule has 30 heavy (non-hydrogen) atoms. The van der Waals surface area contributed by atoms with Crippen LogP contribution in [0.4, 0.5) is 0 Å². The zero-order chi connectivity index (χ0) is 21.3. The molecular formula is C23H22ClNO4S. The SMILES string of the molecule is CC(=O)N(Oc1ccc(Cl)cc1)[C@@H](Cc1ccccc1)C(=O)CSCc1ccco1. The van der Waals surface area contributed by atoms with Crippen molar-refractivity contribution in [1.29, 1.82) is 0 Å². The molecule has 2 aromatic carbocycles. The molecule has 0 radical (unpaired) electrons. The quantitative estimate of drug-likeness (QED) is 0.403. The van der Waals surface area contributed by atoms with Gasteiger partial charge in [-0.2, -0.15) is 5.06 Å². The van der Waals surface area contributed by atoms with E-state index in [1.165, 1.54) is 18.7 Å². The maximum Gasteiger partial charge on any atom is 0.252 e. The van der Waals surface area contributed by atoms with Crippen molar-refractivity contribution in [2.45, 2.75) is 25.1 Å². The van der Waals surface area contributed by atoms with Gasteiger partial charge in [0, 0.05) is 18.4 Å². The molecule has 7 heteroatoms. The van der Waals surface area contributed by atoms with Gasteiger partial charge in [-0.25, -0.2) is 0 Å². The molecule has 3 rings (SSSR count). The summed E-state index contributed by atoms with van der Waals surface area (Å²) in [7, 11) is 0. The van der Waals surface area contributed by atoms with Gasteiger partial charge in [-0.15, -0.1) is 11.8 Å². The lowest BCUT2D eigenvalue weighted by Crippen LogP contribution is -2.48. The first kappa shape index (κ1) is 22.0. The molecule has 156 valence electrons. The highest BCUT2D eigenvalue weighted by atomic mass is 35.5. The van der Waals surface area contributed by atoms with E-state index in [1.54, 1.807) is 30.5 Å². The van der Waals surface area contributed by atoms with E-state index in [4.69, 9.17) is 20.9 Å². The Hall–Kier alpha value is -2.70. The van der Waals surface area contributed by atoms with Crippen LogP contribution in [-0.4, -0.2) is 28.5 Å². The van der Waals surface area contributed by atoms with Crippen LogP contribution >= 0.6 is 23.4 Å². The summed E-state index contributed by atoms with van der Waals surface area (Å²) in [6, 6.07) is 19.1. The van der Waals surface area contributed by atoms with Crippen LogP contribution in [0.2, 0.25) is 5.02 Å². The number of Topliss-reactive ketones (excluding diaryl/α,β-unsaturated/α-hetero) is 1. The third-order valence-electron chi connectivity index (χ3n) is 4.32. The zero-order valence-corrected chi connectivity index (χ0v) is 18.1. The van der Waals surface area contributed by atoms with E-state index in [-0.39, 0.29) is 17.4 Å². The van der Waals surface area contributed by atoms with Crippen LogP contribution in [0.15, 0.2) is 77.4 Å². The van der Waals surface area contributed by atoms with Gasteiger partial charge in [-0.1, -0.05) is 41.9 Å². The number of carbonyl (C=O) groups is 2. The second-order valence-electron chi connectivity index (χ2n) is 6.63. The standard InChI is InChI=1S/C23H22ClNO4S/c1-17(26)25(29-20-11-9-19(24)10-12-20)22(14-18-6-3-2-4-7-18)23(27)16-30-15-21-8-5-13-28-21/h2-13,22H,14-16H2,1H3/t22-/m0/s1. The van der Waals surface area contributed by atoms with Crippen LogP contribution in [0, 0.1) is 0 Å². The van der Waals surface area contributed by atoms with Crippen molar-refractivity contribution in [2.75, 3.05) is 5.75 Å². The molecule has 1 amide bonds. The minimum Gasteiger partial charge on any atom is -0.468 e. The maximum absolute atomic E-state index is 13.1. The molecule has 3 aromatic rings. The summed E-state index contributed by atoms with van der Waals surface area (Å²) in [5, 5.41) is 1.72. The number of carbonyl (C=O) groups excluding carboxylic acids is 2. The highest BCUT2D eigenvalue weighted by molar-refractivity contribution is 7.99. The second-order valence-corrected chi connectivity index (χ2v) is 8.06. The fourth-order valence-electron chi connectivity index (χ4n) is 2.86. The molecule has 1 aromatic heterocycles. The van der Waals surface area contributed by atoms with Crippen LogP contribution in [-0.2, 0) is 21.8 Å². The fraction of sp³-hybridized carbons (Fsp3) is 0.217. The minimum atomic E-state index is -0.760. The van der Waals surface area contributed by atoms with Crippen LogP contribution in [0.1, 0.15) is 18.2 Å². The van der Waals surface area contributed by atoms with Crippen LogP contribution in [0.25, 0.3) is 0 Å². The summed E-state index contributed by atoms with van der Waals surface area (Å²) in [6.45, 7) is 1.39. The third kappa shape index (κ3) is 6.40. The van der Waals surface area contributed by atoms with Gasteiger partial charge in [-0.05, 0) is 42.0 Å². The highest BCUT2D eigenvalue weighted by Gasteiger charge is 2.30. The predicted octanol–water partition coefficient (Wildman–Crippen LogP) is 5.19. The van der Waals surface area contributed by atoms with Crippen LogP contribution in [0.5, 0.6) is 5.75 Å². The number of hydroxylamine groups is 2. The zero-order valence-electron chi connectivity index (χ0n) is 16.5. The number of hydrogen-bond donors (Lipinski definition) is 0. The van der Waals surface area contributed by atoms with Gasteiger partial charge in [0.1, 0.15) is 11.8 Å². The Balaban J connectivity index is 1.76. The molecule has 1 heterocycles. The van der Waals surface area contributed by atoms with E-state index in [0.29, 0.717) is 22.9 Å². The number of amides is 1. The molecule has 0 unspecified atom stereocenters.